The summed E-state index contributed by atoms with van der Waals surface area (Å²) in [5.41, 5.74) is -0.386. The monoisotopic (exact) mass is 322 g/mol. The Balaban J connectivity index is 2.24. The number of hydrogen-bond acceptors (Lipinski definition) is 3. The van der Waals surface area contributed by atoms with Gasteiger partial charge in [0.15, 0.2) is 0 Å². The van der Waals surface area contributed by atoms with E-state index < -0.39 is 10.0 Å². The van der Waals surface area contributed by atoms with E-state index in [1.54, 1.807) is 0 Å². The topological polar surface area (TPSA) is 59.1 Å². The predicted octanol–water partition coefficient (Wildman–Crippen LogP) is 3.39. The number of nitrogens with zero attached hydrogens (tertiary/aromatic N) is 1. The first-order chi connectivity index (χ1) is 8.82. The Morgan fingerprint density at radius 3 is 2.47 bits per heavy atom. The molecule has 0 radical (unpaired) electrons. The van der Waals surface area contributed by atoms with E-state index >= 15 is 0 Å². The Bertz CT molecular complexity index is 569. The largest absolute Gasteiger partial charge is 0.242 e. The van der Waals surface area contributed by atoms with Gasteiger partial charge in [0.1, 0.15) is 10.0 Å². The molecule has 2 rings (SSSR count). The van der Waals surface area contributed by atoms with E-state index in [4.69, 9.17) is 23.2 Å². The summed E-state index contributed by atoms with van der Waals surface area (Å²) in [5, 5.41) is 0.239. The van der Waals surface area contributed by atoms with Gasteiger partial charge in [0.2, 0.25) is 10.0 Å². The van der Waals surface area contributed by atoms with Crippen LogP contribution in [-0.4, -0.2) is 18.9 Å². The van der Waals surface area contributed by atoms with Crippen molar-refractivity contribution in [2.75, 3.05) is 0 Å². The lowest BCUT2D eigenvalue weighted by Gasteiger charge is -2.34. The second kappa shape index (κ2) is 5.56. The summed E-state index contributed by atoms with van der Waals surface area (Å²) in [6.07, 6.45) is 6.16. The van der Waals surface area contributed by atoms with Crippen LogP contribution in [0.25, 0.3) is 0 Å². The van der Waals surface area contributed by atoms with E-state index in [2.05, 4.69) is 9.71 Å². The molecule has 1 N–H and O–H groups in total. The quantitative estimate of drug-likeness (QED) is 0.868. The number of rotatable bonds is 3. The molecule has 1 heterocycles. The zero-order chi connectivity index (χ0) is 14.1. The molecule has 0 aliphatic heterocycles. The average Bonchev–Trinajstić information content (AvgIpc) is 2.32. The van der Waals surface area contributed by atoms with Crippen LogP contribution in [-0.2, 0) is 10.0 Å². The highest BCUT2D eigenvalue weighted by atomic mass is 35.5. The lowest BCUT2D eigenvalue weighted by atomic mass is 9.84. The Hall–Kier alpha value is -0.360. The standard InChI is InChI=1S/C12H16Cl2N2O2S/c1-12(5-3-2-4-6-12)16-19(17,18)9-7-10(13)11(14)15-8-9/h7-8,16H,2-6H2,1H3. The summed E-state index contributed by atoms with van der Waals surface area (Å²) >= 11 is 11.5. The minimum Gasteiger partial charge on any atom is -0.242 e. The van der Waals surface area contributed by atoms with Gasteiger partial charge in [-0.15, -0.1) is 0 Å². The SMILES string of the molecule is CC1(NS(=O)(=O)c2cnc(Cl)c(Cl)c2)CCCCC1. The smallest absolute Gasteiger partial charge is 0.242 e. The number of aromatic nitrogens is 1. The van der Waals surface area contributed by atoms with Gasteiger partial charge in [-0.1, -0.05) is 42.5 Å². The van der Waals surface area contributed by atoms with Gasteiger partial charge < -0.3 is 0 Å². The van der Waals surface area contributed by atoms with E-state index in [1.807, 2.05) is 6.92 Å². The normalized spacial score (nSPS) is 19.3. The van der Waals surface area contributed by atoms with Gasteiger partial charge >= 0.3 is 0 Å². The fourth-order valence-electron chi connectivity index (χ4n) is 2.37. The average molecular weight is 323 g/mol. The van der Waals surface area contributed by atoms with E-state index in [0.29, 0.717) is 0 Å². The van der Waals surface area contributed by atoms with Crippen LogP contribution in [0.1, 0.15) is 39.0 Å². The molecule has 0 unspecified atom stereocenters. The minimum absolute atomic E-state index is 0.0497. The summed E-state index contributed by atoms with van der Waals surface area (Å²) in [7, 11) is -3.61. The Kier molecular flexibility index (Phi) is 4.40. The van der Waals surface area contributed by atoms with Crippen molar-refractivity contribution in [2.45, 2.75) is 49.5 Å². The summed E-state index contributed by atoms with van der Waals surface area (Å²) in [6, 6.07) is 1.32. The number of hydrogen-bond donors (Lipinski definition) is 1. The number of nitrogens with one attached hydrogen (secondary N) is 1. The van der Waals surface area contributed by atoms with Crippen molar-refractivity contribution < 1.29 is 8.42 Å². The Morgan fingerprint density at radius 2 is 1.89 bits per heavy atom. The summed E-state index contributed by atoms with van der Waals surface area (Å²) in [5.74, 6) is 0. The molecule has 1 aliphatic rings. The molecule has 0 atom stereocenters. The summed E-state index contributed by atoms with van der Waals surface area (Å²) < 4.78 is 27.4. The zero-order valence-corrected chi connectivity index (χ0v) is 12.9. The van der Waals surface area contributed by atoms with Crippen molar-refractivity contribution in [3.63, 3.8) is 0 Å². The molecule has 1 aromatic heterocycles. The van der Waals surface area contributed by atoms with Crippen molar-refractivity contribution >= 4 is 33.2 Å². The maximum atomic E-state index is 12.3. The summed E-state index contributed by atoms with van der Waals surface area (Å²) in [6.45, 7) is 1.94. The van der Waals surface area contributed by atoms with Gasteiger partial charge in [-0.25, -0.2) is 18.1 Å². The van der Waals surface area contributed by atoms with Crippen molar-refractivity contribution in [1.29, 1.82) is 0 Å². The molecule has 4 nitrogen and oxygen atoms in total. The number of pyridine rings is 1. The van der Waals surface area contributed by atoms with Gasteiger partial charge in [-0.3, -0.25) is 0 Å². The first kappa shape index (κ1) is 15.0. The number of sulfonamides is 1. The molecule has 0 bridgehead atoms. The van der Waals surface area contributed by atoms with Gasteiger partial charge in [0.25, 0.3) is 0 Å². The maximum Gasteiger partial charge on any atom is 0.242 e. The predicted molar refractivity (Wildman–Crippen MR) is 76.1 cm³/mol. The lowest BCUT2D eigenvalue weighted by Crippen LogP contribution is -2.47. The van der Waals surface area contributed by atoms with Crippen LogP contribution in [0.15, 0.2) is 17.2 Å². The molecule has 1 aromatic rings. The maximum absolute atomic E-state index is 12.3. The van der Waals surface area contributed by atoms with Crippen LogP contribution < -0.4 is 4.72 Å². The van der Waals surface area contributed by atoms with Crippen molar-refractivity contribution in [1.82, 2.24) is 9.71 Å². The van der Waals surface area contributed by atoms with Crippen molar-refractivity contribution in [3.05, 3.63) is 22.4 Å². The molecule has 0 aromatic carbocycles. The van der Waals surface area contributed by atoms with Crippen molar-refractivity contribution in [2.24, 2.45) is 0 Å². The second-order valence-corrected chi connectivity index (χ2v) is 7.62. The van der Waals surface area contributed by atoms with Gasteiger partial charge in [-0.05, 0) is 25.8 Å². The molecule has 1 fully saturated rings. The number of halogens is 2. The molecular weight excluding hydrogens is 307 g/mol. The van der Waals surface area contributed by atoms with E-state index in [-0.39, 0.29) is 20.6 Å². The Labute approximate surface area is 123 Å². The molecule has 0 spiro atoms. The molecule has 0 saturated heterocycles. The first-order valence-corrected chi connectivity index (χ1v) is 8.41. The molecule has 1 aliphatic carbocycles. The third-order valence-electron chi connectivity index (χ3n) is 3.42. The molecular formula is C12H16Cl2N2O2S. The van der Waals surface area contributed by atoms with Crippen LogP contribution in [0.5, 0.6) is 0 Å². The second-order valence-electron chi connectivity index (χ2n) is 5.17. The molecule has 0 amide bonds. The highest BCUT2D eigenvalue weighted by Crippen LogP contribution is 2.30. The van der Waals surface area contributed by atoms with Crippen LogP contribution in [0, 0.1) is 0 Å². The van der Waals surface area contributed by atoms with E-state index in [0.717, 1.165) is 32.1 Å². The van der Waals surface area contributed by atoms with Crippen LogP contribution in [0.2, 0.25) is 10.2 Å². The minimum atomic E-state index is -3.61. The van der Waals surface area contributed by atoms with Crippen LogP contribution in [0.4, 0.5) is 0 Å². The molecule has 1 saturated carbocycles. The third-order valence-corrected chi connectivity index (χ3v) is 5.71. The van der Waals surface area contributed by atoms with Crippen LogP contribution in [0.3, 0.4) is 0 Å². The van der Waals surface area contributed by atoms with Gasteiger partial charge in [-0.2, -0.15) is 0 Å². The third kappa shape index (κ3) is 3.60. The van der Waals surface area contributed by atoms with E-state index in [1.165, 1.54) is 12.3 Å². The highest BCUT2D eigenvalue weighted by molar-refractivity contribution is 7.89. The molecule has 7 heteroatoms. The highest BCUT2D eigenvalue weighted by Gasteiger charge is 2.32. The van der Waals surface area contributed by atoms with Crippen molar-refractivity contribution in [3.8, 4) is 0 Å². The molecule has 19 heavy (non-hydrogen) atoms. The lowest BCUT2D eigenvalue weighted by molar-refractivity contribution is 0.294. The molecule has 106 valence electrons. The Morgan fingerprint density at radius 1 is 1.26 bits per heavy atom. The van der Waals surface area contributed by atoms with Crippen LogP contribution >= 0.6 is 23.2 Å². The first-order valence-electron chi connectivity index (χ1n) is 6.17. The van der Waals surface area contributed by atoms with Gasteiger partial charge in [0, 0.05) is 11.7 Å². The fraction of sp³-hybridized carbons (Fsp3) is 0.583. The van der Waals surface area contributed by atoms with E-state index in [9.17, 15) is 8.42 Å². The van der Waals surface area contributed by atoms with Gasteiger partial charge in [0.05, 0.1) is 5.02 Å². The summed E-state index contributed by atoms with van der Waals surface area (Å²) in [4.78, 5) is 3.82. The fourth-order valence-corrected chi connectivity index (χ4v) is 4.14. The zero-order valence-electron chi connectivity index (χ0n) is 10.6.